The van der Waals surface area contributed by atoms with Crippen LogP contribution in [0.15, 0.2) is 83.8 Å². The molecule has 2 aromatic heterocycles. The number of nitrogens with one attached hydrogen (secondary N) is 4. The molecule has 53 heavy (non-hydrogen) atoms. The van der Waals surface area contributed by atoms with Crippen LogP contribution in [0.25, 0.3) is 0 Å². The Kier molecular flexibility index (Phi) is 16.6. The van der Waals surface area contributed by atoms with E-state index in [1.807, 2.05) is 99.1 Å². The fourth-order valence-corrected chi connectivity index (χ4v) is 7.26. The number of hydrogen-bond donors (Lipinski definition) is 5. The van der Waals surface area contributed by atoms with Crippen LogP contribution in [0.1, 0.15) is 68.1 Å². The van der Waals surface area contributed by atoms with Gasteiger partial charge >= 0.3 is 0 Å². The van der Waals surface area contributed by atoms with Crippen molar-refractivity contribution in [3.8, 4) is 0 Å². The molecule has 0 saturated carbocycles. The lowest BCUT2D eigenvalue weighted by Gasteiger charge is -2.31. The number of hydrogen-bond acceptors (Lipinski definition) is 9. The van der Waals surface area contributed by atoms with Crippen LogP contribution in [0.2, 0.25) is 0 Å². The van der Waals surface area contributed by atoms with E-state index in [-0.39, 0.29) is 48.8 Å². The summed E-state index contributed by atoms with van der Waals surface area (Å²) >= 11 is 2.96. The molecule has 0 radical (unpaired) electrons. The summed E-state index contributed by atoms with van der Waals surface area (Å²) in [5, 5.41) is 29.3. The SMILES string of the molecule is CC(C)[C@H](NC(=O)CCc1nccs1)C(=O)N[C@@H](Cc1ccccc1)C[C@H](O)[C@H](Cc1ccccc1)NC(=O)[C@@H](NC(=O)CCc1nccs1)C(C)C. The number of aromatic nitrogens is 2. The Labute approximate surface area is 320 Å². The molecule has 0 aliphatic heterocycles. The molecule has 2 heterocycles. The van der Waals surface area contributed by atoms with E-state index >= 15 is 0 Å². The molecule has 13 heteroatoms. The predicted molar refractivity (Wildman–Crippen MR) is 209 cm³/mol. The van der Waals surface area contributed by atoms with E-state index in [2.05, 4.69) is 31.2 Å². The molecule has 4 rings (SSSR count). The van der Waals surface area contributed by atoms with Crippen molar-refractivity contribution in [1.82, 2.24) is 31.2 Å². The van der Waals surface area contributed by atoms with Gasteiger partial charge in [0.1, 0.15) is 12.1 Å². The van der Waals surface area contributed by atoms with Gasteiger partial charge in [0.25, 0.3) is 0 Å². The quantitative estimate of drug-likeness (QED) is 0.0826. The highest BCUT2D eigenvalue weighted by Gasteiger charge is 2.32. The second kappa shape index (κ2) is 21.3. The zero-order valence-electron chi connectivity index (χ0n) is 30.9. The molecule has 4 amide bonds. The lowest BCUT2D eigenvalue weighted by molar-refractivity contribution is -0.131. The standard InChI is InChI=1S/C40H52N6O5S2/c1-26(2)37(45-33(48)15-17-35-41-19-21-52-35)39(50)43-30(23-28-11-7-5-8-12-28)25-32(47)31(24-29-13-9-6-10-14-29)44-40(51)38(27(3)4)46-34(49)16-18-36-42-20-22-53-36/h5-14,19-22,26-27,30-32,37-38,47H,15-18,23-25H2,1-4H3,(H,43,50)(H,44,51)(H,45,48)(H,46,49)/t30-,31-,32-,37-,38-/m0/s1. The van der Waals surface area contributed by atoms with E-state index in [4.69, 9.17) is 0 Å². The molecule has 0 fully saturated rings. The molecule has 0 unspecified atom stereocenters. The zero-order chi connectivity index (χ0) is 38.2. The Balaban J connectivity index is 1.49. The summed E-state index contributed by atoms with van der Waals surface area (Å²) in [6.45, 7) is 7.48. The molecule has 0 bridgehead atoms. The average Bonchev–Trinajstić information content (AvgIpc) is 3.86. The third-order valence-corrected chi connectivity index (χ3v) is 10.6. The third kappa shape index (κ3) is 14.1. The topological polar surface area (TPSA) is 162 Å². The summed E-state index contributed by atoms with van der Waals surface area (Å²) in [6, 6.07) is 16.3. The maximum absolute atomic E-state index is 13.8. The van der Waals surface area contributed by atoms with Crippen LogP contribution in [0.3, 0.4) is 0 Å². The van der Waals surface area contributed by atoms with Gasteiger partial charge in [-0.15, -0.1) is 22.7 Å². The maximum atomic E-state index is 13.8. The van der Waals surface area contributed by atoms with E-state index < -0.39 is 36.2 Å². The molecular weight excluding hydrogens is 709 g/mol. The highest BCUT2D eigenvalue weighted by molar-refractivity contribution is 7.09. The number of aliphatic hydroxyl groups is 1. The Morgan fingerprint density at radius 1 is 0.642 bits per heavy atom. The Hall–Kier alpha value is -4.46. The molecule has 0 aliphatic carbocycles. The lowest BCUT2D eigenvalue weighted by atomic mass is 9.92. The zero-order valence-corrected chi connectivity index (χ0v) is 32.5. The minimum absolute atomic E-state index is 0.119. The first kappa shape index (κ1) is 41.3. The molecule has 5 atom stereocenters. The molecule has 0 aliphatic rings. The molecule has 5 N–H and O–H groups in total. The minimum atomic E-state index is -1.08. The summed E-state index contributed by atoms with van der Waals surface area (Å²) in [7, 11) is 0. The van der Waals surface area contributed by atoms with Gasteiger partial charge in [0.15, 0.2) is 0 Å². The number of amides is 4. The van der Waals surface area contributed by atoms with Crippen molar-refractivity contribution in [3.63, 3.8) is 0 Å². The van der Waals surface area contributed by atoms with Gasteiger partial charge in [-0.2, -0.15) is 0 Å². The van der Waals surface area contributed by atoms with E-state index in [1.165, 1.54) is 22.7 Å². The Morgan fingerprint density at radius 3 is 1.53 bits per heavy atom. The van der Waals surface area contributed by atoms with Crippen molar-refractivity contribution < 1.29 is 24.3 Å². The molecule has 284 valence electrons. The van der Waals surface area contributed by atoms with Crippen LogP contribution in [0.5, 0.6) is 0 Å². The van der Waals surface area contributed by atoms with Gasteiger partial charge in [0.05, 0.1) is 22.2 Å². The first-order valence-corrected chi connectivity index (χ1v) is 20.0. The molecule has 0 spiro atoms. The van der Waals surface area contributed by atoms with Gasteiger partial charge in [-0.1, -0.05) is 88.4 Å². The van der Waals surface area contributed by atoms with Crippen LogP contribution >= 0.6 is 22.7 Å². The number of nitrogens with zero attached hydrogens (tertiary/aromatic N) is 2. The number of rotatable bonds is 21. The maximum Gasteiger partial charge on any atom is 0.243 e. The van der Waals surface area contributed by atoms with Crippen LogP contribution in [-0.4, -0.2) is 69.0 Å². The smallest absolute Gasteiger partial charge is 0.243 e. The number of benzene rings is 2. The second-order valence-electron chi connectivity index (χ2n) is 13.9. The van der Waals surface area contributed by atoms with Crippen molar-refractivity contribution >= 4 is 46.3 Å². The number of aliphatic hydroxyl groups excluding tert-OH is 1. The molecule has 2 aromatic carbocycles. The molecule has 4 aromatic rings. The largest absolute Gasteiger partial charge is 0.391 e. The van der Waals surface area contributed by atoms with Crippen LogP contribution in [-0.2, 0) is 44.9 Å². The monoisotopic (exact) mass is 760 g/mol. The number of thiazole rings is 2. The predicted octanol–water partition coefficient (Wildman–Crippen LogP) is 4.65. The molecular formula is C40H52N6O5S2. The van der Waals surface area contributed by atoms with Crippen molar-refractivity contribution in [3.05, 3.63) is 105 Å². The molecule has 11 nitrogen and oxygen atoms in total. The van der Waals surface area contributed by atoms with Crippen molar-refractivity contribution in [1.29, 1.82) is 0 Å². The normalized spacial score (nSPS) is 14.2. The van der Waals surface area contributed by atoms with Gasteiger partial charge in [0, 0.05) is 54.9 Å². The lowest BCUT2D eigenvalue weighted by Crippen LogP contribution is -2.56. The summed E-state index contributed by atoms with van der Waals surface area (Å²) in [4.78, 5) is 62.0. The van der Waals surface area contributed by atoms with Crippen molar-refractivity contribution in [2.75, 3.05) is 0 Å². The number of carbonyl (C=O) groups excluding carboxylic acids is 4. The number of aryl methyl sites for hydroxylation is 2. The number of carbonyl (C=O) groups is 4. The van der Waals surface area contributed by atoms with E-state index in [0.29, 0.717) is 25.7 Å². The van der Waals surface area contributed by atoms with Crippen molar-refractivity contribution in [2.24, 2.45) is 11.8 Å². The highest BCUT2D eigenvalue weighted by atomic mass is 32.1. The molecule has 0 saturated heterocycles. The van der Waals surface area contributed by atoms with Crippen molar-refractivity contribution in [2.45, 2.75) is 103 Å². The Bertz CT molecular complexity index is 1690. The Morgan fingerprint density at radius 2 is 1.09 bits per heavy atom. The van der Waals surface area contributed by atoms with E-state index in [1.54, 1.807) is 12.4 Å². The first-order valence-electron chi connectivity index (χ1n) is 18.2. The fraction of sp³-hybridized carbons (Fsp3) is 0.450. The van der Waals surface area contributed by atoms with Crippen LogP contribution in [0.4, 0.5) is 0 Å². The van der Waals surface area contributed by atoms with Crippen LogP contribution in [0, 0.1) is 11.8 Å². The second-order valence-corrected chi connectivity index (χ2v) is 15.9. The van der Waals surface area contributed by atoms with Gasteiger partial charge in [0.2, 0.25) is 23.6 Å². The summed E-state index contributed by atoms with van der Waals surface area (Å²) in [6.07, 6.45) is 4.56. The van der Waals surface area contributed by atoms with Crippen LogP contribution < -0.4 is 21.3 Å². The summed E-state index contributed by atoms with van der Waals surface area (Å²) in [5.41, 5.74) is 1.87. The average molecular weight is 761 g/mol. The van der Waals surface area contributed by atoms with Gasteiger partial charge in [-0.3, -0.25) is 19.2 Å². The minimum Gasteiger partial charge on any atom is -0.391 e. The first-order chi connectivity index (χ1) is 25.5. The highest BCUT2D eigenvalue weighted by Crippen LogP contribution is 2.17. The third-order valence-electron chi connectivity index (χ3n) is 8.92. The van der Waals surface area contributed by atoms with E-state index in [9.17, 15) is 24.3 Å². The fourth-order valence-electron chi connectivity index (χ4n) is 6.02. The van der Waals surface area contributed by atoms with Gasteiger partial charge in [-0.25, -0.2) is 9.97 Å². The van der Waals surface area contributed by atoms with E-state index in [0.717, 1.165) is 21.1 Å². The summed E-state index contributed by atoms with van der Waals surface area (Å²) in [5.74, 6) is -1.66. The van der Waals surface area contributed by atoms with Gasteiger partial charge < -0.3 is 26.4 Å². The summed E-state index contributed by atoms with van der Waals surface area (Å²) < 4.78 is 0. The van der Waals surface area contributed by atoms with Gasteiger partial charge in [-0.05, 0) is 42.2 Å².